The van der Waals surface area contributed by atoms with Crippen LogP contribution in [0.4, 0.5) is 11.6 Å². The molecule has 106 valence electrons. The third-order valence-corrected chi connectivity index (χ3v) is 3.51. The molecule has 19 heavy (non-hydrogen) atoms. The highest BCUT2D eigenvalue weighted by Gasteiger charge is 2.21. The molecule has 0 aliphatic carbocycles. The molecule has 1 unspecified atom stereocenters. The molecule has 0 bridgehead atoms. The molecule has 0 radical (unpaired) electrons. The highest BCUT2D eigenvalue weighted by molar-refractivity contribution is 5.47. The van der Waals surface area contributed by atoms with Crippen molar-refractivity contribution in [2.45, 2.75) is 32.6 Å². The number of nitrogens with zero attached hydrogens (tertiary/aromatic N) is 3. The molecule has 1 aliphatic rings. The van der Waals surface area contributed by atoms with Gasteiger partial charge in [0.1, 0.15) is 17.5 Å². The minimum Gasteiger partial charge on any atom is -0.384 e. The minimum absolute atomic E-state index is 0.293. The molecule has 1 saturated heterocycles. The molecule has 1 aromatic heterocycles. The summed E-state index contributed by atoms with van der Waals surface area (Å²) in [5, 5.41) is 0. The quantitative estimate of drug-likeness (QED) is 0.901. The average molecular weight is 264 g/mol. The first kappa shape index (κ1) is 14.1. The summed E-state index contributed by atoms with van der Waals surface area (Å²) in [5.41, 5.74) is 5.89. The number of aromatic nitrogens is 2. The van der Waals surface area contributed by atoms with Gasteiger partial charge >= 0.3 is 0 Å². The van der Waals surface area contributed by atoms with Gasteiger partial charge in [0.15, 0.2) is 0 Å². The molecule has 5 nitrogen and oxygen atoms in total. The van der Waals surface area contributed by atoms with Gasteiger partial charge < -0.3 is 15.4 Å². The van der Waals surface area contributed by atoms with Crippen LogP contribution in [0, 0.1) is 5.92 Å². The number of nitrogens with two attached hydrogens (primary N) is 1. The van der Waals surface area contributed by atoms with Crippen LogP contribution in [0.2, 0.25) is 0 Å². The Balaban J connectivity index is 2.16. The lowest BCUT2D eigenvalue weighted by Gasteiger charge is -2.33. The van der Waals surface area contributed by atoms with E-state index < -0.39 is 0 Å². The Morgan fingerprint density at radius 2 is 2.26 bits per heavy atom. The van der Waals surface area contributed by atoms with E-state index in [0.29, 0.717) is 17.7 Å². The summed E-state index contributed by atoms with van der Waals surface area (Å²) in [6, 6.07) is 1.88. The first-order valence-electron chi connectivity index (χ1n) is 6.98. The zero-order valence-electron chi connectivity index (χ0n) is 12.1. The van der Waals surface area contributed by atoms with Gasteiger partial charge in [-0.15, -0.1) is 0 Å². The van der Waals surface area contributed by atoms with E-state index >= 15 is 0 Å². The van der Waals surface area contributed by atoms with Crippen molar-refractivity contribution in [2.75, 3.05) is 37.4 Å². The van der Waals surface area contributed by atoms with Crippen molar-refractivity contribution in [1.29, 1.82) is 0 Å². The van der Waals surface area contributed by atoms with E-state index in [2.05, 4.69) is 28.7 Å². The van der Waals surface area contributed by atoms with Crippen LogP contribution in [0.3, 0.4) is 0 Å². The fraction of sp³-hybridized carbons (Fsp3) is 0.714. The van der Waals surface area contributed by atoms with E-state index in [1.807, 2.05) is 6.07 Å². The standard InChI is InChI=1S/C14H24N4O/c1-10(2)14-16-12(15)7-13(17-14)18-6-4-5-11(8-18)9-19-3/h7,10-11H,4-6,8-9H2,1-3H3,(H2,15,16,17). The number of anilines is 2. The summed E-state index contributed by atoms with van der Waals surface area (Å²) in [6.07, 6.45) is 2.40. The molecular weight excluding hydrogens is 240 g/mol. The first-order valence-corrected chi connectivity index (χ1v) is 6.98. The molecule has 1 aromatic rings. The first-order chi connectivity index (χ1) is 9.10. The lowest BCUT2D eigenvalue weighted by Crippen LogP contribution is -2.37. The Morgan fingerprint density at radius 3 is 2.95 bits per heavy atom. The second kappa shape index (κ2) is 6.19. The van der Waals surface area contributed by atoms with Crippen LogP contribution in [-0.2, 0) is 4.74 Å². The van der Waals surface area contributed by atoms with Gasteiger partial charge in [0.05, 0.1) is 6.61 Å². The molecule has 0 spiro atoms. The molecule has 2 rings (SSSR count). The Morgan fingerprint density at radius 1 is 1.47 bits per heavy atom. The van der Waals surface area contributed by atoms with Gasteiger partial charge in [-0.3, -0.25) is 0 Å². The maximum Gasteiger partial charge on any atom is 0.135 e. The van der Waals surface area contributed by atoms with Crippen LogP contribution in [0.15, 0.2) is 6.07 Å². The van der Waals surface area contributed by atoms with Crippen LogP contribution in [0.1, 0.15) is 38.4 Å². The van der Waals surface area contributed by atoms with Crippen molar-refractivity contribution in [2.24, 2.45) is 5.92 Å². The third-order valence-electron chi connectivity index (χ3n) is 3.51. The number of hydrogen-bond acceptors (Lipinski definition) is 5. The van der Waals surface area contributed by atoms with Gasteiger partial charge in [-0.25, -0.2) is 9.97 Å². The van der Waals surface area contributed by atoms with E-state index in [1.165, 1.54) is 12.8 Å². The maximum absolute atomic E-state index is 5.89. The van der Waals surface area contributed by atoms with Crippen LogP contribution < -0.4 is 10.6 Å². The van der Waals surface area contributed by atoms with Crippen molar-refractivity contribution < 1.29 is 4.74 Å². The number of methoxy groups -OCH3 is 1. The normalized spacial score (nSPS) is 20.0. The van der Waals surface area contributed by atoms with E-state index in [1.54, 1.807) is 7.11 Å². The second-order valence-corrected chi connectivity index (χ2v) is 5.57. The Bertz CT molecular complexity index is 420. The highest BCUT2D eigenvalue weighted by Crippen LogP contribution is 2.24. The Kier molecular flexibility index (Phi) is 4.58. The fourth-order valence-corrected chi connectivity index (χ4v) is 2.54. The largest absolute Gasteiger partial charge is 0.384 e. The van der Waals surface area contributed by atoms with Gasteiger partial charge in [-0.1, -0.05) is 13.8 Å². The van der Waals surface area contributed by atoms with Crippen LogP contribution in [0.5, 0.6) is 0 Å². The topological polar surface area (TPSA) is 64.3 Å². The number of rotatable bonds is 4. The Labute approximate surface area is 115 Å². The summed E-state index contributed by atoms with van der Waals surface area (Å²) in [6.45, 7) is 7.01. The second-order valence-electron chi connectivity index (χ2n) is 5.57. The lowest BCUT2D eigenvalue weighted by atomic mass is 9.99. The van der Waals surface area contributed by atoms with Gasteiger partial charge in [0.25, 0.3) is 0 Å². The molecule has 1 atom stereocenters. The van der Waals surface area contributed by atoms with Crippen molar-refractivity contribution >= 4 is 11.6 Å². The maximum atomic E-state index is 5.89. The van der Waals surface area contributed by atoms with E-state index in [4.69, 9.17) is 10.5 Å². The van der Waals surface area contributed by atoms with E-state index in [0.717, 1.165) is 31.3 Å². The highest BCUT2D eigenvalue weighted by atomic mass is 16.5. The SMILES string of the molecule is COCC1CCCN(c2cc(N)nc(C(C)C)n2)C1. The van der Waals surface area contributed by atoms with Gasteiger partial charge in [0, 0.05) is 32.2 Å². The molecule has 0 amide bonds. The van der Waals surface area contributed by atoms with Crippen molar-refractivity contribution in [3.05, 3.63) is 11.9 Å². The van der Waals surface area contributed by atoms with E-state index in [9.17, 15) is 0 Å². The molecule has 5 heteroatoms. The van der Waals surface area contributed by atoms with Gasteiger partial charge in [0.2, 0.25) is 0 Å². The average Bonchev–Trinajstić information content (AvgIpc) is 2.38. The molecule has 2 N–H and O–H groups in total. The molecular formula is C14H24N4O. The van der Waals surface area contributed by atoms with Crippen LogP contribution >= 0.6 is 0 Å². The predicted octanol–water partition coefficient (Wildman–Crippen LogP) is 2.04. The van der Waals surface area contributed by atoms with Gasteiger partial charge in [-0.05, 0) is 18.8 Å². The van der Waals surface area contributed by atoms with Crippen molar-refractivity contribution in [1.82, 2.24) is 9.97 Å². The predicted molar refractivity (Wildman–Crippen MR) is 77.3 cm³/mol. The number of hydrogen-bond donors (Lipinski definition) is 1. The van der Waals surface area contributed by atoms with Crippen molar-refractivity contribution in [3.8, 4) is 0 Å². The summed E-state index contributed by atoms with van der Waals surface area (Å²) in [4.78, 5) is 11.2. The molecule has 1 aliphatic heterocycles. The van der Waals surface area contributed by atoms with E-state index in [-0.39, 0.29) is 0 Å². The fourth-order valence-electron chi connectivity index (χ4n) is 2.54. The van der Waals surface area contributed by atoms with Gasteiger partial charge in [-0.2, -0.15) is 0 Å². The molecule has 2 heterocycles. The summed E-state index contributed by atoms with van der Waals surface area (Å²) in [7, 11) is 1.76. The lowest BCUT2D eigenvalue weighted by molar-refractivity contribution is 0.143. The zero-order chi connectivity index (χ0) is 13.8. The summed E-state index contributed by atoms with van der Waals surface area (Å²) in [5.74, 6) is 3.21. The number of ether oxygens (including phenoxy) is 1. The Hall–Kier alpha value is -1.36. The third kappa shape index (κ3) is 3.56. The van der Waals surface area contributed by atoms with Crippen molar-refractivity contribution in [3.63, 3.8) is 0 Å². The number of nitrogen functional groups attached to an aromatic ring is 1. The van der Waals surface area contributed by atoms with Crippen LogP contribution in [-0.4, -0.2) is 36.8 Å². The molecule has 0 saturated carbocycles. The minimum atomic E-state index is 0.293. The molecule has 1 fully saturated rings. The smallest absolute Gasteiger partial charge is 0.135 e. The summed E-state index contributed by atoms with van der Waals surface area (Å²) < 4.78 is 5.27. The summed E-state index contributed by atoms with van der Waals surface area (Å²) >= 11 is 0. The molecule has 0 aromatic carbocycles. The monoisotopic (exact) mass is 264 g/mol. The van der Waals surface area contributed by atoms with Crippen LogP contribution in [0.25, 0.3) is 0 Å². The number of piperidine rings is 1. The zero-order valence-corrected chi connectivity index (χ0v) is 12.1.